The van der Waals surface area contributed by atoms with Crippen molar-refractivity contribution in [2.45, 2.75) is 19.4 Å². The van der Waals surface area contributed by atoms with Crippen LogP contribution in [0.1, 0.15) is 13.3 Å². The Morgan fingerprint density at radius 2 is 2.11 bits per heavy atom. The molecule has 1 aromatic heterocycles. The van der Waals surface area contributed by atoms with E-state index in [1.54, 1.807) is 36.7 Å². The van der Waals surface area contributed by atoms with Crippen LogP contribution in [-0.4, -0.2) is 21.5 Å². The van der Waals surface area contributed by atoms with E-state index >= 15 is 0 Å². The average Bonchev–Trinajstić information content (AvgIpc) is 2.85. The van der Waals surface area contributed by atoms with E-state index in [1.165, 1.54) is 4.57 Å². The number of nitrogens with zero attached hydrogens (tertiary/aromatic N) is 1. The van der Waals surface area contributed by atoms with Crippen molar-refractivity contribution >= 4 is 11.6 Å². The van der Waals surface area contributed by atoms with E-state index in [2.05, 4.69) is 10.3 Å². The van der Waals surface area contributed by atoms with Crippen molar-refractivity contribution in [1.29, 1.82) is 0 Å². The molecule has 2 rings (SSSR count). The molecule has 1 heterocycles. The summed E-state index contributed by atoms with van der Waals surface area (Å²) in [4.78, 5) is 25.6. The van der Waals surface area contributed by atoms with Crippen LogP contribution in [0.25, 0.3) is 5.69 Å². The quantitative estimate of drug-likeness (QED) is 0.760. The molecule has 0 spiro atoms. The summed E-state index contributed by atoms with van der Waals surface area (Å²) in [6, 6.07) is 6.46. The second-order valence-corrected chi connectivity index (χ2v) is 4.19. The molecule has 0 bridgehead atoms. The fourth-order valence-electron chi connectivity index (χ4n) is 1.65. The second kappa shape index (κ2) is 5.53. The number of amides is 1. The average molecular weight is 260 g/mol. The van der Waals surface area contributed by atoms with Crippen LogP contribution >= 0.6 is 0 Å². The Hall–Kier alpha value is -2.34. The standard InChI is InChI=1S/C13H16N4O2/c1-2-11(14)12(18)16-9-3-5-10(6-4-9)17-8-7-15-13(17)19/h3-8,11H,2,14H2,1H3,(H,15,19)(H,16,18)/t11-/m1/s1. The van der Waals surface area contributed by atoms with E-state index in [0.717, 1.165) is 5.69 Å². The first kappa shape index (κ1) is 13.1. The number of hydrogen-bond donors (Lipinski definition) is 3. The number of imidazole rings is 1. The minimum atomic E-state index is -0.507. The highest BCUT2D eigenvalue weighted by atomic mass is 16.2. The number of rotatable bonds is 4. The second-order valence-electron chi connectivity index (χ2n) is 4.19. The van der Waals surface area contributed by atoms with Gasteiger partial charge in [-0.25, -0.2) is 4.79 Å². The van der Waals surface area contributed by atoms with Crippen LogP contribution in [0.15, 0.2) is 41.5 Å². The van der Waals surface area contributed by atoms with E-state index in [1.807, 2.05) is 6.92 Å². The molecule has 0 radical (unpaired) electrons. The van der Waals surface area contributed by atoms with Crippen LogP contribution in [0.3, 0.4) is 0 Å². The number of carbonyl (C=O) groups excluding carboxylic acids is 1. The topological polar surface area (TPSA) is 92.9 Å². The Labute approximate surface area is 110 Å². The number of aromatic amines is 1. The molecule has 0 aliphatic rings. The molecule has 19 heavy (non-hydrogen) atoms. The van der Waals surface area contributed by atoms with Gasteiger partial charge in [-0.3, -0.25) is 9.36 Å². The first-order chi connectivity index (χ1) is 9.11. The molecule has 1 aromatic carbocycles. The third kappa shape index (κ3) is 2.92. The van der Waals surface area contributed by atoms with Gasteiger partial charge < -0.3 is 16.0 Å². The van der Waals surface area contributed by atoms with Crippen molar-refractivity contribution in [3.05, 3.63) is 47.1 Å². The highest BCUT2D eigenvalue weighted by Crippen LogP contribution is 2.12. The van der Waals surface area contributed by atoms with Gasteiger partial charge in [0.15, 0.2) is 0 Å². The summed E-state index contributed by atoms with van der Waals surface area (Å²) in [6.45, 7) is 1.85. The monoisotopic (exact) mass is 260 g/mol. The number of hydrogen-bond acceptors (Lipinski definition) is 3. The largest absolute Gasteiger partial charge is 0.330 e. The predicted octanol–water partition coefficient (Wildman–Crippen LogP) is 0.841. The molecule has 100 valence electrons. The first-order valence-electron chi connectivity index (χ1n) is 6.04. The first-order valence-corrected chi connectivity index (χ1v) is 6.04. The maximum atomic E-state index is 11.6. The molecule has 2 aromatic rings. The minimum absolute atomic E-state index is 0.204. The van der Waals surface area contributed by atoms with Gasteiger partial charge >= 0.3 is 5.69 Å². The maximum absolute atomic E-state index is 11.6. The summed E-state index contributed by atoms with van der Waals surface area (Å²) < 4.78 is 1.48. The predicted molar refractivity (Wildman–Crippen MR) is 73.3 cm³/mol. The van der Waals surface area contributed by atoms with E-state index in [4.69, 9.17) is 5.73 Å². The van der Waals surface area contributed by atoms with Gasteiger partial charge in [-0.05, 0) is 30.7 Å². The van der Waals surface area contributed by atoms with Crippen LogP contribution in [0.2, 0.25) is 0 Å². The summed E-state index contributed by atoms with van der Waals surface area (Å²) >= 11 is 0. The fraction of sp³-hybridized carbons (Fsp3) is 0.231. The van der Waals surface area contributed by atoms with Crippen molar-refractivity contribution in [3.8, 4) is 5.69 Å². The number of H-pyrrole nitrogens is 1. The van der Waals surface area contributed by atoms with Crippen molar-refractivity contribution < 1.29 is 4.79 Å². The maximum Gasteiger partial charge on any atom is 0.330 e. The molecule has 0 aliphatic carbocycles. The van der Waals surface area contributed by atoms with Crippen molar-refractivity contribution in [2.24, 2.45) is 5.73 Å². The molecule has 0 unspecified atom stereocenters. The zero-order chi connectivity index (χ0) is 13.8. The minimum Gasteiger partial charge on any atom is -0.325 e. The lowest BCUT2D eigenvalue weighted by Gasteiger charge is -2.10. The number of aromatic nitrogens is 2. The SMILES string of the molecule is CC[C@@H](N)C(=O)Nc1ccc(-n2cc[nH]c2=O)cc1. The number of nitrogens with one attached hydrogen (secondary N) is 2. The molecule has 0 fully saturated rings. The molecular formula is C13H16N4O2. The number of nitrogens with two attached hydrogens (primary N) is 1. The van der Waals surface area contributed by atoms with Gasteiger partial charge in [0.2, 0.25) is 5.91 Å². The Balaban J connectivity index is 2.13. The number of benzene rings is 1. The molecule has 1 atom stereocenters. The van der Waals surface area contributed by atoms with E-state index in [0.29, 0.717) is 12.1 Å². The lowest BCUT2D eigenvalue weighted by atomic mass is 10.2. The van der Waals surface area contributed by atoms with Crippen LogP contribution in [-0.2, 0) is 4.79 Å². The van der Waals surface area contributed by atoms with Gasteiger partial charge in [-0.1, -0.05) is 6.92 Å². The summed E-state index contributed by atoms with van der Waals surface area (Å²) in [5.41, 5.74) is 6.81. The highest BCUT2D eigenvalue weighted by Gasteiger charge is 2.10. The Bertz CT molecular complexity index is 612. The van der Waals surface area contributed by atoms with Crippen molar-refractivity contribution in [2.75, 3.05) is 5.32 Å². The molecular weight excluding hydrogens is 244 g/mol. The summed E-state index contributed by atoms with van der Waals surface area (Å²) in [7, 11) is 0. The third-order valence-corrected chi connectivity index (χ3v) is 2.84. The van der Waals surface area contributed by atoms with Gasteiger partial charge in [0, 0.05) is 18.1 Å². The lowest BCUT2D eigenvalue weighted by molar-refractivity contribution is -0.117. The fourth-order valence-corrected chi connectivity index (χ4v) is 1.65. The summed E-state index contributed by atoms with van der Waals surface area (Å²) in [6.07, 6.45) is 3.80. The zero-order valence-electron chi connectivity index (χ0n) is 10.6. The molecule has 0 saturated heterocycles. The lowest BCUT2D eigenvalue weighted by Crippen LogP contribution is -2.34. The van der Waals surface area contributed by atoms with Gasteiger partial charge in [0.25, 0.3) is 0 Å². The summed E-state index contributed by atoms with van der Waals surface area (Å²) in [5, 5.41) is 2.72. The Morgan fingerprint density at radius 1 is 1.42 bits per heavy atom. The molecule has 1 amide bonds. The third-order valence-electron chi connectivity index (χ3n) is 2.84. The Kier molecular flexibility index (Phi) is 3.82. The smallest absolute Gasteiger partial charge is 0.325 e. The van der Waals surface area contributed by atoms with Gasteiger partial charge in [-0.2, -0.15) is 0 Å². The number of anilines is 1. The van der Waals surface area contributed by atoms with Crippen LogP contribution in [0.5, 0.6) is 0 Å². The van der Waals surface area contributed by atoms with Gasteiger partial charge in [0.1, 0.15) is 0 Å². The van der Waals surface area contributed by atoms with Crippen LogP contribution in [0, 0.1) is 0 Å². The van der Waals surface area contributed by atoms with Crippen LogP contribution in [0.4, 0.5) is 5.69 Å². The van der Waals surface area contributed by atoms with Gasteiger partial charge in [0.05, 0.1) is 11.7 Å². The van der Waals surface area contributed by atoms with Crippen LogP contribution < -0.4 is 16.7 Å². The van der Waals surface area contributed by atoms with E-state index in [9.17, 15) is 9.59 Å². The van der Waals surface area contributed by atoms with Gasteiger partial charge in [-0.15, -0.1) is 0 Å². The normalized spacial score (nSPS) is 12.1. The Morgan fingerprint density at radius 3 is 2.63 bits per heavy atom. The summed E-state index contributed by atoms with van der Waals surface area (Å²) in [5.74, 6) is -0.214. The van der Waals surface area contributed by atoms with Crippen molar-refractivity contribution in [3.63, 3.8) is 0 Å². The molecule has 0 aliphatic heterocycles. The molecule has 6 nitrogen and oxygen atoms in total. The zero-order valence-corrected chi connectivity index (χ0v) is 10.6. The van der Waals surface area contributed by atoms with E-state index in [-0.39, 0.29) is 11.6 Å². The highest BCUT2D eigenvalue weighted by molar-refractivity contribution is 5.94. The molecule has 0 saturated carbocycles. The van der Waals surface area contributed by atoms with Crippen molar-refractivity contribution in [1.82, 2.24) is 9.55 Å². The molecule has 6 heteroatoms. The number of carbonyl (C=O) groups is 1. The van der Waals surface area contributed by atoms with E-state index < -0.39 is 6.04 Å². The molecule has 4 N–H and O–H groups in total.